The van der Waals surface area contributed by atoms with Crippen molar-refractivity contribution in [2.24, 2.45) is 5.73 Å². The van der Waals surface area contributed by atoms with Crippen LogP contribution in [0, 0.1) is 0 Å². The van der Waals surface area contributed by atoms with Gasteiger partial charge in [-0.25, -0.2) is 4.79 Å². The molecule has 0 aliphatic heterocycles. The maximum Gasteiger partial charge on any atom is 0.326 e. The Bertz CT molecular complexity index is 280. The fourth-order valence-corrected chi connectivity index (χ4v) is 1.15. The SMILES string of the molecule is COC(=O)CC[C@H](NC(=O)CCCN)C(=O)O. The predicted octanol–water partition coefficient (Wildman–Crippen LogP) is -0.752. The maximum absolute atomic E-state index is 11.3. The van der Waals surface area contributed by atoms with E-state index in [1.165, 1.54) is 7.11 Å². The summed E-state index contributed by atoms with van der Waals surface area (Å²) in [5.41, 5.74) is 5.23. The van der Waals surface area contributed by atoms with Crippen LogP contribution in [0.25, 0.3) is 0 Å². The molecule has 0 unspecified atom stereocenters. The minimum absolute atomic E-state index is 0.0103. The van der Waals surface area contributed by atoms with Gasteiger partial charge >= 0.3 is 11.9 Å². The number of carboxylic acid groups (broad SMARTS) is 1. The van der Waals surface area contributed by atoms with Gasteiger partial charge in [0.1, 0.15) is 6.04 Å². The quantitative estimate of drug-likeness (QED) is 0.485. The van der Waals surface area contributed by atoms with Crippen molar-refractivity contribution in [2.45, 2.75) is 31.7 Å². The first kappa shape index (κ1) is 15.4. The number of esters is 1. The summed E-state index contributed by atoms with van der Waals surface area (Å²) in [7, 11) is 1.22. The number of hydrogen-bond acceptors (Lipinski definition) is 5. The van der Waals surface area contributed by atoms with Gasteiger partial charge in [0.15, 0.2) is 0 Å². The van der Waals surface area contributed by atoms with Gasteiger partial charge in [0.25, 0.3) is 0 Å². The molecule has 0 aliphatic carbocycles. The molecule has 17 heavy (non-hydrogen) atoms. The van der Waals surface area contributed by atoms with Gasteiger partial charge in [0, 0.05) is 12.8 Å². The van der Waals surface area contributed by atoms with Crippen LogP contribution in [0.3, 0.4) is 0 Å². The Morgan fingerprint density at radius 1 is 1.35 bits per heavy atom. The molecule has 7 nitrogen and oxygen atoms in total. The van der Waals surface area contributed by atoms with Gasteiger partial charge in [0.05, 0.1) is 7.11 Å². The minimum atomic E-state index is -1.17. The van der Waals surface area contributed by atoms with Gasteiger partial charge in [-0.3, -0.25) is 9.59 Å². The lowest BCUT2D eigenvalue weighted by atomic mass is 10.1. The normalized spacial score (nSPS) is 11.6. The van der Waals surface area contributed by atoms with Crippen molar-refractivity contribution in [3.63, 3.8) is 0 Å². The minimum Gasteiger partial charge on any atom is -0.480 e. The number of amides is 1. The molecule has 0 aromatic heterocycles. The second kappa shape index (κ2) is 8.51. The number of hydrogen-bond donors (Lipinski definition) is 3. The van der Waals surface area contributed by atoms with Crippen LogP contribution in [0.1, 0.15) is 25.7 Å². The van der Waals surface area contributed by atoms with Crippen molar-refractivity contribution in [3.8, 4) is 0 Å². The van der Waals surface area contributed by atoms with E-state index in [0.29, 0.717) is 13.0 Å². The first-order chi connectivity index (χ1) is 8.01. The molecule has 0 radical (unpaired) electrons. The lowest BCUT2D eigenvalue weighted by molar-refractivity contribution is -0.144. The number of nitrogens with two attached hydrogens (primary N) is 1. The van der Waals surface area contributed by atoms with E-state index in [0.717, 1.165) is 0 Å². The van der Waals surface area contributed by atoms with Gasteiger partial charge in [-0.2, -0.15) is 0 Å². The Morgan fingerprint density at radius 2 is 2.00 bits per heavy atom. The number of rotatable bonds is 8. The molecule has 0 saturated heterocycles. The summed E-state index contributed by atoms with van der Waals surface area (Å²) < 4.78 is 4.39. The van der Waals surface area contributed by atoms with E-state index >= 15 is 0 Å². The summed E-state index contributed by atoms with van der Waals surface area (Å²) >= 11 is 0. The highest BCUT2D eigenvalue weighted by Crippen LogP contribution is 2.00. The third-order valence-corrected chi connectivity index (χ3v) is 2.11. The van der Waals surface area contributed by atoms with E-state index in [9.17, 15) is 14.4 Å². The maximum atomic E-state index is 11.3. The van der Waals surface area contributed by atoms with E-state index in [1.807, 2.05) is 0 Å². The van der Waals surface area contributed by atoms with Gasteiger partial charge in [-0.05, 0) is 19.4 Å². The monoisotopic (exact) mass is 246 g/mol. The topological polar surface area (TPSA) is 119 Å². The summed E-state index contributed by atoms with van der Waals surface area (Å²) in [4.78, 5) is 33.0. The molecule has 0 aromatic carbocycles. The zero-order chi connectivity index (χ0) is 13.3. The summed E-state index contributed by atoms with van der Waals surface area (Å²) in [5, 5.41) is 11.2. The van der Waals surface area contributed by atoms with Crippen LogP contribution in [-0.4, -0.2) is 42.6 Å². The third kappa shape index (κ3) is 7.29. The van der Waals surface area contributed by atoms with Crippen LogP contribution >= 0.6 is 0 Å². The predicted molar refractivity (Wildman–Crippen MR) is 59.1 cm³/mol. The number of methoxy groups -OCH3 is 1. The Morgan fingerprint density at radius 3 is 2.47 bits per heavy atom. The summed E-state index contributed by atoms with van der Waals surface area (Å²) in [5.74, 6) is -2.06. The molecule has 1 atom stereocenters. The Labute approximate surface area is 99.3 Å². The summed E-state index contributed by atoms with van der Waals surface area (Å²) in [6.07, 6.45) is 0.634. The van der Waals surface area contributed by atoms with E-state index < -0.39 is 18.0 Å². The molecular formula is C10H18N2O5. The van der Waals surface area contributed by atoms with Crippen molar-refractivity contribution in [1.29, 1.82) is 0 Å². The van der Waals surface area contributed by atoms with Crippen LogP contribution in [0.4, 0.5) is 0 Å². The van der Waals surface area contributed by atoms with Gasteiger partial charge in [-0.1, -0.05) is 0 Å². The highest BCUT2D eigenvalue weighted by Gasteiger charge is 2.20. The van der Waals surface area contributed by atoms with Crippen LogP contribution in [0.2, 0.25) is 0 Å². The second-order valence-corrected chi connectivity index (χ2v) is 3.47. The molecule has 0 spiro atoms. The third-order valence-electron chi connectivity index (χ3n) is 2.11. The smallest absolute Gasteiger partial charge is 0.326 e. The van der Waals surface area contributed by atoms with Crippen molar-refractivity contribution in [2.75, 3.05) is 13.7 Å². The average molecular weight is 246 g/mol. The Hall–Kier alpha value is -1.63. The zero-order valence-corrected chi connectivity index (χ0v) is 9.77. The Kier molecular flexibility index (Phi) is 7.70. The van der Waals surface area contributed by atoms with E-state index in [-0.39, 0.29) is 25.2 Å². The molecule has 0 fully saturated rings. The molecule has 0 rings (SSSR count). The largest absolute Gasteiger partial charge is 0.480 e. The molecule has 98 valence electrons. The second-order valence-electron chi connectivity index (χ2n) is 3.47. The molecule has 0 bridgehead atoms. The van der Waals surface area contributed by atoms with Crippen molar-refractivity contribution < 1.29 is 24.2 Å². The van der Waals surface area contributed by atoms with Crippen molar-refractivity contribution >= 4 is 17.8 Å². The number of carbonyl (C=O) groups is 3. The van der Waals surface area contributed by atoms with Crippen molar-refractivity contribution in [1.82, 2.24) is 5.32 Å². The molecule has 0 aliphatic rings. The standard InChI is InChI=1S/C10H18N2O5/c1-17-9(14)5-4-7(10(15)16)12-8(13)3-2-6-11/h7H,2-6,11H2,1H3,(H,12,13)(H,15,16)/t7-/m0/s1. The van der Waals surface area contributed by atoms with Crippen LogP contribution in [0.15, 0.2) is 0 Å². The Balaban J connectivity index is 4.10. The van der Waals surface area contributed by atoms with E-state index in [2.05, 4.69) is 10.1 Å². The van der Waals surface area contributed by atoms with E-state index in [1.54, 1.807) is 0 Å². The van der Waals surface area contributed by atoms with Crippen LogP contribution < -0.4 is 11.1 Å². The molecule has 7 heteroatoms. The number of ether oxygens (including phenoxy) is 1. The number of nitrogens with one attached hydrogen (secondary N) is 1. The van der Waals surface area contributed by atoms with Gasteiger partial charge in [0.2, 0.25) is 5.91 Å². The molecule has 0 saturated carbocycles. The van der Waals surface area contributed by atoms with E-state index in [4.69, 9.17) is 10.8 Å². The lowest BCUT2D eigenvalue weighted by Crippen LogP contribution is -2.41. The molecular weight excluding hydrogens is 228 g/mol. The first-order valence-corrected chi connectivity index (χ1v) is 5.30. The lowest BCUT2D eigenvalue weighted by Gasteiger charge is -2.13. The summed E-state index contributed by atoms with van der Waals surface area (Å²) in [6.45, 7) is 0.368. The molecule has 4 N–H and O–H groups in total. The fraction of sp³-hybridized carbons (Fsp3) is 0.700. The average Bonchev–Trinajstić information content (AvgIpc) is 2.30. The highest BCUT2D eigenvalue weighted by molar-refractivity contribution is 5.83. The first-order valence-electron chi connectivity index (χ1n) is 5.30. The highest BCUT2D eigenvalue weighted by atomic mass is 16.5. The molecule has 0 heterocycles. The summed E-state index contributed by atoms with van der Waals surface area (Å²) in [6, 6.07) is -1.07. The number of carbonyl (C=O) groups excluding carboxylic acids is 2. The molecule has 1 amide bonds. The van der Waals surface area contributed by atoms with Crippen molar-refractivity contribution in [3.05, 3.63) is 0 Å². The number of aliphatic carboxylic acids is 1. The van der Waals surface area contributed by atoms with Crippen LogP contribution in [0.5, 0.6) is 0 Å². The van der Waals surface area contributed by atoms with Crippen LogP contribution in [-0.2, 0) is 19.1 Å². The zero-order valence-electron chi connectivity index (χ0n) is 9.77. The fourth-order valence-electron chi connectivity index (χ4n) is 1.15. The number of carboxylic acids is 1. The van der Waals surface area contributed by atoms with Gasteiger partial charge < -0.3 is 20.9 Å². The molecule has 0 aromatic rings. The van der Waals surface area contributed by atoms with Gasteiger partial charge in [-0.15, -0.1) is 0 Å².